The van der Waals surface area contributed by atoms with Crippen LogP contribution in [-0.2, 0) is 6.42 Å². The number of halogens is 1. The highest BCUT2D eigenvalue weighted by molar-refractivity contribution is 6.34. The number of carbonyl (C=O) groups is 2. The highest BCUT2D eigenvalue weighted by Crippen LogP contribution is 2.23. The Hall–Kier alpha value is -2.34. The second-order valence-corrected chi connectivity index (χ2v) is 5.15. The average molecular weight is 322 g/mol. The summed E-state index contributed by atoms with van der Waals surface area (Å²) in [5.41, 5.74) is 2.14. The number of hydrogen-bond donors (Lipinski definition) is 2. The van der Waals surface area contributed by atoms with E-state index in [1.165, 1.54) is 13.0 Å². The number of ketones is 1. The second kappa shape index (κ2) is 6.62. The Labute approximate surface area is 132 Å². The van der Waals surface area contributed by atoms with Gasteiger partial charge in [-0.2, -0.15) is 0 Å². The molecule has 7 heteroatoms. The van der Waals surface area contributed by atoms with Crippen molar-refractivity contribution < 1.29 is 14.1 Å². The molecular weight excluding hydrogens is 306 g/mol. The number of nitrogens with zero attached hydrogens (tertiary/aromatic N) is 1. The second-order valence-electron chi connectivity index (χ2n) is 4.74. The van der Waals surface area contributed by atoms with E-state index in [9.17, 15) is 9.59 Å². The molecule has 0 atom stereocenters. The van der Waals surface area contributed by atoms with E-state index in [1.807, 2.05) is 6.92 Å². The topological polar surface area (TPSA) is 84.2 Å². The lowest BCUT2D eigenvalue weighted by Gasteiger charge is -2.09. The van der Waals surface area contributed by atoms with Crippen LogP contribution in [0, 0.1) is 6.92 Å². The average Bonchev–Trinajstić information content (AvgIpc) is 2.79. The van der Waals surface area contributed by atoms with Gasteiger partial charge in [-0.15, -0.1) is 0 Å². The predicted octanol–water partition coefficient (Wildman–Crippen LogP) is 4.05. The molecule has 6 nitrogen and oxygen atoms in total. The summed E-state index contributed by atoms with van der Waals surface area (Å²) < 4.78 is 5.05. The number of carbonyl (C=O) groups excluding carboxylic acids is 2. The lowest BCUT2D eigenvalue weighted by Crippen LogP contribution is -2.20. The molecule has 2 rings (SSSR count). The van der Waals surface area contributed by atoms with Crippen LogP contribution >= 0.6 is 11.6 Å². The van der Waals surface area contributed by atoms with Crippen LogP contribution in [0.5, 0.6) is 0 Å². The van der Waals surface area contributed by atoms with E-state index in [2.05, 4.69) is 15.8 Å². The predicted molar refractivity (Wildman–Crippen MR) is 84.7 cm³/mol. The number of Topliss-reactive ketones (excluding diaryl/α,β-unsaturated/α-hetero) is 1. The van der Waals surface area contributed by atoms with Crippen molar-refractivity contribution in [2.45, 2.75) is 27.2 Å². The van der Waals surface area contributed by atoms with Crippen LogP contribution in [0.1, 0.15) is 35.7 Å². The molecule has 1 aromatic carbocycles. The third-order valence-electron chi connectivity index (χ3n) is 3.11. The number of aromatic nitrogens is 1. The molecule has 0 unspecified atom stereocenters. The smallest absolute Gasteiger partial charge is 0.323 e. The molecule has 2 N–H and O–H groups in total. The molecule has 0 aliphatic rings. The first-order valence-corrected chi connectivity index (χ1v) is 7.13. The van der Waals surface area contributed by atoms with Crippen LogP contribution in [-0.4, -0.2) is 17.0 Å². The molecule has 0 spiro atoms. The molecule has 22 heavy (non-hydrogen) atoms. The van der Waals surface area contributed by atoms with Gasteiger partial charge in [-0.3, -0.25) is 4.79 Å². The number of anilines is 2. The van der Waals surface area contributed by atoms with Crippen molar-refractivity contribution in [1.29, 1.82) is 0 Å². The van der Waals surface area contributed by atoms with Gasteiger partial charge in [0.2, 0.25) is 0 Å². The molecule has 0 saturated heterocycles. The lowest BCUT2D eigenvalue weighted by atomic mass is 10.1. The molecule has 0 bridgehead atoms. The molecule has 116 valence electrons. The molecule has 1 heterocycles. The summed E-state index contributed by atoms with van der Waals surface area (Å²) in [6.07, 6.45) is 0.645. The lowest BCUT2D eigenvalue weighted by molar-refractivity contribution is 0.101. The van der Waals surface area contributed by atoms with Crippen LogP contribution in [0.15, 0.2) is 22.7 Å². The molecule has 1 aromatic heterocycles. The van der Waals surface area contributed by atoms with E-state index in [1.54, 1.807) is 19.1 Å². The van der Waals surface area contributed by atoms with Gasteiger partial charge in [0.1, 0.15) is 11.4 Å². The number of amides is 2. The Morgan fingerprint density at radius 1 is 1.32 bits per heavy atom. The summed E-state index contributed by atoms with van der Waals surface area (Å²) in [4.78, 5) is 23.3. The maximum Gasteiger partial charge on any atom is 0.323 e. The fourth-order valence-corrected chi connectivity index (χ4v) is 2.29. The Balaban J connectivity index is 2.11. The molecule has 0 aliphatic heterocycles. The van der Waals surface area contributed by atoms with Crippen molar-refractivity contribution >= 4 is 34.8 Å². The normalized spacial score (nSPS) is 10.4. The third kappa shape index (κ3) is 3.46. The van der Waals surface area contributed by atoms with Crippen LogP contribution < -0.4 is 10.6 Å². The number of rotatable bonds is 4. The van der Waals surface area contributed by atoms with Gasteiger partial charge in [0.15, 0.2) is 11.5 Å². The standard InChI is InChI=1S/C15H16ClN3O3/c1-4-13-14(9(3)22-19-13)18-15(21)17-10-5-6-11(8(2)20)12(16)7-10/h5-7H,4H2,1-3H3,(H2,17,18,21). The number of benzene rings is 1. The summed E-state index contributed by atoms with van der Waals surface area (Å²) in [7, 11) is 0. The van der Waals surface area contributed by atoms with Crippen molar-refractivity contribution in [3.8, 4) is 0 Å². The highest BCUT2D eigenvalue weighted by Gasteiger charge is 2.14. The monoisotopic (exact) mass is 321 g/mol. The third-order valence-corrected chi connectivity index (χ3v) is 3.43. The van der Waals surface area contributed by atoms with Crippen molar-refractivity contribution in [3.63, 3.8) is 0 Å². The van der Waals surface area contributed by atoms with Gasteiger partial charge in [-0.05, 0) is 38.5 Å². The summed E-state index contributed by atoms with van der Waals surface area (Å²) in [5, 5.41) is 9.50. The highest BCUT2D eigenvalue weighted by atomic mass is 35.5. The van der Waals surface area contributed by atoms with E-state index in [-0.39, 0.29) is 5.78 Å². The zero-order valence-electron chi connectivity index (χ0n) is 12.5. The molecule has 0 radical (unpaired) electrons. The molecule has 2 amide bonds. The van der Waals surface area contributed by atoms with Crippen molar-refractivity contribution in [1.82, 2.24) is 5.16 Å². The first-order chi connectivity index (χ1) is 10.4. The van der Waals surface area contributed by atoms with E-state index in [0.717, 1.165) is 0 Å². The summed E-state index contributed by atoms with van der Waals surface area (Å²) in [6, 6.07) is 4.28. The van der Waals surface area contributed by atoms with Gasteiger partial charge < -0.3 is 15.2 Å². The fraction of sp³-hybridized carbons (Fsp3) is 0.267. The quantitative estimate of drug-likeness (QED) is 0.832. The first kappa shape index (κ1) is 16.0. The molecule has 0 saturated carbocycles. The van der Waals surface area contributed by atoms with Crippen molar-refractivity contribution in [2.75, 3.05) is 10.6 Å². The van der Waals surface area contributed by atoms with E-state index < -0.39 is 6.03 Å². The zero-order chi connectivity index (χ0) is 16.3. The van der Waals surface area contributed by atoms with E-state index >= 15 is 0 Å². The minimum Gasteiger partial charge on any atom is -0.359 e. The minimum atomic E-state index is -0.437. The van der Waals surface area contributed by atoms with Crippen LogP contribution in [0.3, 0.4) is 0 Å². The van der Waals surface area contributed by atoms with Crippen LogP contribution in [0.2, 0.25) is 5.02 Å². The maximum absolute atomic E-state index is 12.0. The van der Waals surface area contributed by atoms with Gasteiger partial charge >= 0.3 is 6.03 Å². The van der Waals surface area contributed by atoms with Gasteiger partial charge in [0.05, 0.1) is 5.02 Å². The van der Waals surface area contributed by atoms with Gasteiger partial charge in [0.25, 0.3) is 0 Å². The van der Waals surface area contributed by atoms with E-state index in [0.29, 0.717) is 39.8 Å². The Kier molecular flexibility index (Phi) is 4.82. The SMILES string of the molecule is CCc1noc(C)c1NC(=O)Nc1ccc(C(C)=O)c(Cl)c1. The Morgan fingerprint density at radius 2 is 2.05 bits per heavy atom. The van der Waals surface area contributed by atoms with Gasteiger partial charge in [0, 0.05) is 11.3 Å². The number of hydrogen-bond acceptors (Lipinski definition) is 4. The van der Waals surface area contributed by atoms with Crippen LogP contribution in [0.25, 0.3) is 0 Å². The molecule has 2 aromatic rings. The molecule has 0 fully saturated rings. The van der Waals surface area contributed by atoms with E-state index in [4.69, 9.17) is 16.1 Å². The Bertz CT molecular complexity index is 725. The minimum absolute atomic E-state index is 0.131. The summed E-state index contributed by atoms with van der Waals surface area (Å²) >= 11 is 6.01. The number of nitrogens with one attached hydrogen (secondary N) is 2. The first-order valence-electron chi connectivity index (χ1n) is 6.76. The fourth-order valence-electron chi connectivity index (χ4n) is 1.97. The van der Waals surface area contributed by atoms with Gasteiger partial charge in [-0.25, -0.2) is 4.79 Å². The summed E-state index contributed by atoms with van der Waals surface area (Å²) in [6.45, 7) is 5.07. The summed E-state index contributed by atoms with van der Waals surface area (Å²) in [5.74, 6) is 0.408. The van der Waals surface area contributed by atoms with Gasteiger partial charge in [-0.1, -0.05) is 23.7 Å². The largest absolute Gasteiger partial charge is 0.359 e. The Morgan fingerprint density at radius 3 is 2.64 bits per heavy atom. The number of urea groups is 1. The van der Waals surface area contributed by atoms with Crippen molar-refractivity contribution in [2.24, 2.45) is 0 Å². The number of aryl methyl sites for hydroxylation is 2. The zero-order valence-corrected chi connectivity index (χ0v) is 13.2. The van der Waals surface area contributed by atoms with Crippen LogP contribution in [0.4, 0.5) is 16.2 Å². The van der Waals surface area contributed by atoms with Crippen molar-refractivity contribution in [3.05, 3.63) is 40.2 Å². The molecular formula is C15H16ClN3O3. The maximum atomic E-state index is 12.0. The molecule has 0 aliphatic carbocycles.